The predicted octanol–water partition coefficient (Wildman–Crippen LogP) is 1.21. The molecule has 2 aliphatic carbocycles. The highest BCUT2D eigenvalue weighted by atomic mass is 16.5. The van der Waals surface area contributed by atoms with Crippen molar-refractivity contribution in [3.63, 3.8) is 0 Å². The maximum atomic E-state index is 11.4. The van der Waals surface area contributed by atoms with Gasteiger partial charge in [0, 0.05) is 0 Å². The van der Waals surface area contributed by atoms with E-state index in [1.807, 2.05) is 0 Å². The molecule has 0 aromatic rings. The van der Waals surface area contributed by atoms with E-state index in [0.717, 1.165) is 31.6 Å². The molecule has 0 atom stereocenters. The van der Waals surface area contributed by atoms with Crippen molar-refractivity contribution in [2.75, 3.05) is 6.61 Å². The zero-order chi connectivity index (χ0) is 9.31. The molecule has 0 bridgehead atoms. The van der Waals surface area contributed by atoms with Crippen molar-refractivity contribution in [2.24, 2.45) is 11.7 Å². The number of carbonyl (C=O) groups is 1. The van der Waals surface area contributed by atoms with Gasteiger partial charge >= 0.3 is 5.97 Å². The molecule has 74 valence electrons. The Morgan fingerprint density at radius 2 is 2.15 bits per heavy atom. The van der Waals surface area contributed by atoms with Crippen molar-refractivity contribution in [3.8, 4) is 0 Å². The van der Waals surface area contributed by atoms with Crippen LogP contribution in [-0.4, -0.2) is 18.1 Å². The van der Waals surface area contributed by atoms with Crippen LogP contribution in [0.3, 0.4) is 0 Å². The van der Waals surface area contributed by atoms with Gasteiger partial charge in [0.2, 0.25) is 0 Å². The fourth-order valence-corrected chi connectivity index (χ4v) is 1.63. The van der Waals surface area contributed by atoms with Gasteiger partial charge in [-0.1, -0.05) is 12.8 Å². The Bertz CT molecular complexity index is 207. The lowest BCUT2D eigenvalue weighted by Gasteiger charge is -2.35. The zero-order valence-electron chi connectivity index (χ0n) is 7.92. The molecule has 13 heavy (non-hydrogen) atoms. The molecule has 3 heteroatoms. The van der Waals surface area contributed by atoms with E-state index in [0.29, 0.717) is 6.61 Å². The highest BCUT2D eigenvalue weighted by Gasteiger charge is 2.41. The lowest BCUT2D eigenvalue weighted by Crippen LogP contribution is -2.54. The molecule has 3 nitrogen and oxygen atoms in total. The van der Waals surface area contributed by atoms with Crippen LogP contribution in [0.1, 0.15) is 38.5 Å². The topological polar surface area (TPSA) is 52.3 Å². The number of rotatable bonds is 4. The molecule has 0 spiro atoms. The Balaban J connectivity index is 1.65. The minimum Gasteiger partial charge on any atom is -0.464 e. The Kier molecular flexibility index (Phi) is 2.28. The minimum atomic E-state index is -0.621. The van der Waals surface area contributed by atoms with Crippen molar-refractivity contribution in [3.05, 3.63) is 0 Å². The molecular weight excluding hydrogens is 166 g/mol. The van der Waals surface area contributed by atoms with Crippen molar-refractivity contribution in [1.82, 2.24) is 0 Å². The van der Waals surface area contributed by atoms with Gasteiger partial charge in [0.05, 0.1) is 6.61 Å². The standard InChI is InChI=1S/C10H17NO2/c11-10(5-1-6-10)9(12)13-7-4-8-2-3-8/h8H,1-7,11H2. The molecule has 0 unspecified atom stereocenters. The predicted molar refractivity (Wildman–Crippen MR) is 49.1 cm³/mol. The first kappa shape index (κ1) is 9.00. The minimum absolute atomic E-state index is 0.181. The summed E-state index contributed by atoms with van der Waals surface area (Å²) in [5.41, 5.74) is 5.18. The molecule has 2 aliphatic rings. The smallest absolute Gasteiger partial charge is 0.326 e. The van der Waals surface area contributed by atoms with E-state index in [-0.39, 0.29) is 5.97 Å². The number of carbonyl (C=O) groups excluding carboxylic acids is 1. The maximum absolute atomic E-state index is 11.4. The fraction of sp³-hybridized carbons (Fsp3) is 0.900. The van der Waals surface area contributed by atoms with Gasteiger partial charge in [-0.05, 0) is 31.6 Å². The first-order chi connectivity index (χ1) is 6.21. The summed E-state index contributed by atoms with van der Waals surface area (Å²) >= 11 is 0. The molecule has 0 heterocycles. The second kappa shape index (κ2) is 3.29. The molecule has 2 N–H and O–H groups in total. The van der Waals surface area contributed by atoms with Crippen LogP contribution < -0.4 is 5.73 Å². The van der Waals surface area contributed by atoms with Gasteiger partial charge in [-0.3, -0.25) is 4.79 Å². The summed E-state index contributed by atoms with van der Waals surface area (Å²) in [7, 11) is 0. The number of ether oxygens (including phenoxy) is 1. The largest absolute Gasteiger partial charge is 0.464 e. The summed E-state index contributed by atoms with van der Waals surface area (Å²) < 4.78 is 5.14. The van der Waals surface area contributed by atoms with Gasteiger partial charge in [0.1, 0.15) is 5.54 Å². The summed E-state index contributed by atoms with van der Waals surface area (Å²) in [6, 6.07) is 0. The Morgan fingerprint density at radius 3 is 2.62 bits per heavy atom. The molecule has 0 saturated heterocycles. The van der Waals surface area contributed by atoms with Gasteiger partial charge in [0.25, 0.3) is 0 Å². The van der Waals surface area contributed by atoms with E-state index in [1.54, 1.807) is 0 Å². The first-order valence-electron chi connectivity index (χ1n) is 5.17. The monoisotopic (exact) mass is 183 g/mol. The van der Waals surface area contributed by atoms with Crippen LogP contribution in [0, 0.1) is 5.92 Å². The molecule has 2 saturated carbocycles. The Morgan fingerprint density at radius 1 is 1.46 bits per heavy atom. The van der Waals surface area contributed by atoms with Gasteiger partial charge in [0.15, 0.2) is 0 Å². The number of hydrogen-bond acceptors (Lipinski definition) is 3. The fourth-order valence-electron chi connectivity index (χ4n) is 1.63. The lowest BCUT2D eigenvalue weighted by atomic mass is 9.78. The van der Waals surface area contributed by atoms with Crippen LogP contribution in [0.2, 0.25) is 0 Å². The summed E-state index contributed by atoms with van der Waals surface area (Å²) in [6.07, 6.45) is 6.32. The average Bonchev–Trinajstić information content (AvgIpc) is 2.83. The van der Waals surface area contributed by atoms with Crippen molar-refractivity contribution in [1.29, 1.82) is 0 Å². The highest BCUT2D eigenvalue weighted by molar-refractivity contribution is 5.81. The Hall–Kier alpha value is -0.570. The van der Waals surface area contributed by atoms with Crippen LogP contribution in [0.25, 0.3) is 0 Å². The SMILES string of the molecule is NC1(C(=O)OCCC2CC2)CCC1. The van der Waals surface area contributed by atoms with E-state index in [2.05, 4.69) is 0 Å². The molecule has 0 radical (unpaired) electrons. The van der Waals surface area contributed by atoms with Crippen LogP contribution in [0.5, 0.6) is 0 Å². The van der Waals surface area contributed by atoms with E-state index in [9.17, 15) is 4.79 Å². The highest BCUT2D eigenvalue weighted by Crippen LogP contribution is 2.33. The summed E-state index contributed by atoms with van der Waals surface area (Å²) in [6.45, 7) is 0.572. The molecule has 2 fully saturated rings. The van der Waals surface area contributed by atoms with Crippen molar-refractivity contribution < 1.29 is 9.53 Å². The Labute approximate surface area is 78.6 Å². The molecule has 0 amide bonds. The van der Waals surface area contributed by atoms with Crippen LogP contribution in [-0.2, 0) is 9.53 Å². The summed E-state index contributed by atoms with van der Waals surface area (Å²) in [4.78, 5) is 11.4. The summed E-state index contributed by atoms with van der Waals surface area (Å²) in [5, 5.41) is 0. The third-order valence-corrected chi connectivity index (χ3v) is 3.11. The van der Waals surface area contributed by atoms with Crippen LogP contribution >= 0.6 is 0 Å². The average molecular weight is 183 g/mol. The normalized spacial score (nSPS) is 25.0. The zero-order valence-corrected chi connectivity index (χ0v) is 7.92. The third kappa shape index (κ3) is 2.02. The quantitative estimate of drug-likeness (QED) is 0.666. The van der Waals surface area contributed by atoms with E-state index in [4.69, 9.17) is 10.5 Å². The van der Waals surface area contributed by atoms with Gasteiger partial charge in [-0.25, -0.2) is 0 Å². The van der Waals surface area contributed by atoms with Gasteiger partial charge in [-0.2, -0.15) is 0 Å². The van der Waals surface area contributed by atoms with E-state index >= 15 is 0 Å². The van der Waals surface area contributed by atoms with Crippen LogP contribution in [0.15, 0.2) is 0 Å². The number of esters is 1. The lowest BCUT2D eigenvalue weighted by molar-refractivity contribution is -0.153. The first-order valence-corrected chi connectivity index (χ1v) is 5.17. The molecule has 2 rings (SSSR count). The number of nitrogens with two attached hydrogens (primary N) is 1. The molecule has 0 aromatic carbocycles. The van der Waals surface area contributed by atoms with Gasteiger partial charge < -0.3 is 10.5 Å². The van der Waals surface area contributed by atoms with Crippen LogP contribution in [0.4, 0.5) is 0 Å². The van der Waals surface area contributed by atoms with E-state index < -0.39 is 5.54 Å². The number of hydrogen-bond donors (Lipinski definition) is 1. The molecule has 0 aromatic heterocycles. The maximum Gasteiger partial charge on any atom is 0.326 e. The van der Waals surface area contributed by atoms with Crippen molar-refractivity contribution in [2.45, 2.75) is 44.1 Å². The van der Waals surface area contributed by atoms with Crippen molar-refractivity contribution >= 4 is 5.97 Å². The van der Waals surface area contributed by atoms with E-state index in [1.165, 1.54) is 12.8 Å². The second-order valence-electron chi connectivity index (χ2n) is 4.38. The second-order valence-corrected chi connectivity index (χ2v) is 4.38. The van der Waals surface area contributed by atoms with Gasteiger partial charge in [-0.15, -0.1) is 0 Å². The summed E-state index contributed by atoms with van der Waals surface area (Å²) in [5.74, 6) is 0.641. The molecule has 0 aliphatic heterocycles. The third-order valence-electron chi connectivity index (χ3n) is 3.11. The molecular formula is C10H17NO2.